The first kappa shape index (κ1) is 14.4. The molecule has 1 aliphatic rings. The molecule has 0 aromatic carbocycles. The molecular formula is C10H24O2. The van der Waals surface area contributed by atoms with E-state index in [0.29, 0.717) is 6.10 Å². The molecule has 0 amide bonds. The second-order valence-corrected chi connectivity index (χ2v) is 2.32. The Morgan fingerprint density at radius 1 is 1.08 bits per heavy atom. The number of rotatable bonds is 1. The SMILES string of the molecule is CC.CC.COC1CCC(O)C1. The van der Waals surface area contributed by atoms with Crippen LogP contribution in [-0.4, -0.2) is 24.4 Å². The minimum absolute atomic E-state index is 0.0973. The zero-order valence-corrected chi connectivity index (χ0v) is 9.13. The average molecular weight is 176 g/mol. The van der Waals surface area contributed by atoms with Crippen molar-refractivity contribution >= 4 is 0 Å². The molecule has 12 heavy (non-hydrogen) atoms. The lowest BCUT2D eigenvalue weighted by atomic mass is 10.3. The van der Waals surface area contributed by atoms with E-state index in [2.05, 4.69) is 0 Å². The second kappa shape index (κ2) is 10.9. The highest BCUT2D eigenvalue weighted by Crippen LogP contribution is 2.20. The monoisotopic (exact) mass is 176 g/mol. The van der Waals surface area contributed by atoms with Crippen LogP contribution in [0.15, 0.2) is 0 Å². The van der Waals surface area contributed by atoms with Crippen LogP contribution >= 0.6 is 0 Å². The number of ether oxygens (including phenoxy) is 1. The first-order valence-electron chi connectivity index (χ1n) is 5.04. The van der Waals surface area contributed by atoms with Gasteiger partial charge in [0.2, 0.25) is 0 Å². The zero-order chi connectivity index (χ0) is 9.98. The largest absolute Gasteiger partial charge is 0.393 e. The Kier molecular flexibility index (Phi) is 13.1. The third-order valence-electron chi connectivity index (χ3n) is 1.69. The topological polar surface area (TPSA) is 29.5 Å². The lowest BCUT2D eigenvalue weighted by Crippen LogP contribution is -2.06. The van der Waals surface area contributed by atoms with Crippen LogP contribution in [0.5, 0.6) is 0 Å². The van der Waals surface area contributed by atoms with Gasteiger partial charge in [0.25, 0.3) is 0 Å². The maximum absolute atomic E-state index is 8.95. The van der Waals surface area contributed by atoms with Crippen LogP contribution < -0.4 is 0 Å². The summed E-state index contributed by atoms with van der Waals surface area (Å²) in [6, 6.07) is 0. The Balaban J connectivity index is 0. The zero-order valence-electron chi connectivity index (χ0n) is 9.13. The van der Waals surface area contributed by atoms with Gasteiger partial charge in [0.1, 0.15) is 0 Å². The molecule has 1 aliphatic carbocycles. The first-order chi connectivity index (χ1) is 5.83. The molecule has 0 aliphatic heterocycles. The highest BCUT2D eigenvalue weighted by Gasteiger charge is 2.21. The van der Waals surface area contributed by atoms with Gasteiger partial charge in [-0.3, -0.25) is 0 Å². The fourth-order valence-electron chi connectivity index (χ4n) is 1.13. The standard InChI is InChI=1S/C6H12O2.2C2H6/c1-8-6-3-2-5(7)4-6;2*1-2/h5-7H,2-4H2,1H3;2*1-2H3. The van der Waals surface area contributed by atoms with E-state index in [9.17, 15) is 0 Å². The Labute approximate surface area is 76.9 Å². The minimum atomic E-state index is -0.0973. The Bertz CT molecular complexity index is 74.2. The Hall–Kier alpha value is -0.0800. The van der Waals surface area contributed by atoms with Crippen molar-refractivity contribution in [3.8, 4) is 0 Å². The molecule has 2 atom stereocenters. The number of aliphatic hydroxyl groups is 1. The normalized spacial score (nSPS) is 26.5. The van der Waals surface area contributed by atoms with E-state index < -0.39 is 0 Å². The summed E-state index contributed by atoms with van der Waals surface area (Å²) < 4.78 is 5.02. The van der Waals surface area contributed by atoms with Crippen LogP contribution in [0, 0.1) is 0 Å². The highest BCUT2D eigenvalue weighted by molar-refractivity contribution is 4.73. The molecule has 2 nitrogen and oxygen atoms in total. The summed E-state index contributed by atoms with van der Waals surface area (Å²) in [5.74, 6) is 0. The van der Waals surface area contributed by atoms with E-state index in [1.54, 1.807) is 7.11 Å². The van der Waals surface area contributed by atoms with Crippen molar-refractivity contribution in [3.63, 3.8) is 0 Å². The summed E-state index contributed by atoms with van der Waals surface area (Å²) in [4.78, 5) is 0. The van der Waals surface area contributed by atoms with Gasteiger partial charge >= 0.3 is 0 Å². The molecule has 0 aromatic rings. The molecule has 0 radical (unpaired) electrons. The van der Waals surface area contributed by atoms with Gasteiger partial charge in [-0.05, 0) is 19.3 Å². The third kappa shape index (κ3) is 6.62. The predicted molar refractivity (Wildman–Crippen MR) is 53.4 cm³/mol. The molecule has 0 spiro atoms. The molecule has 1 rings (SSSR count). The van der Waals surface area contributed by atoms with Gasteiger partial charge in [-0.25, -0.2) is 0 Å². The quantitative estimate of drug-likeness (QED) is 0.665. The van der Waals surface area contributed by atoms with Crippen LogP contribution in [0.2, 0.25) is 0 Å². The number of aliphatic hydroxyl groups excluding tert-OH is 1. The van der Waals surface area contributed by atoms with Gasteiger partial charge in [-0.2, -0.15) is 0 Å². The van der Waals surface area contributed by atoms with Crippen LogP contribution in [0.4, 0.5) is 0 Å². The summed E-state index contributed by atoms with van der Waals surface area (Å²) in [6.45, 7) is 8.00. The van der Waals surface area contributed by atoms with E-state index >= 15 is 0 Å². The molecular weight excluding hydrogens is 152 g/mol. The van der Waals surface area contributed by atoms with Crippen molar-refractivity contribution in [1.82, 2.24) is 0 Å². The molecule has 0 saturated heterocycles. The summed E-state index contributed by atoms with van der Waals surface area (Å²) in [7, 11) is 1.70. The lowest BCUT2D eigenvalue weighted by Gasteiger charge is -2.03. The summed E-state index contributed by atoms with van der Waals surface area (Å²) in [5.41, 5.74) is 0. The number of hydrogen-bond acceptors (Lipinski definition) is 2. The van der Waals surface area contributed by atoms with Gasteiger partial charge in [-0.15, -0.1) is 0 Å². The van der Waals surface area contributed by atoms with Crippen LogP contribution in [0.3, 0.4) is 0 Å². The number of methoxy groups -OCH3 is 1. The molecule has 1 saturated carbocycles. The second-order valence-electron chi connectivity index (χ2n) is 2.32. The number of hydrogen-bond donors (Lipinski definition) is 1. The molecule has 0 aromatic heterocycles. The molecule has 76 valence electrons. The van der Waals surface area contributed by atoms with Gasteiger partial charge in [-0.1, -0.05) is 27.7 Å². The maximum atomic E-state index is 8.95. The van der Waals surface area contributed by atoms with Crippen molar-refractivity contribution in [2.24, 2.45) is 0 Å². The minimum Gasteiger partial charge on any atom is -0.393 e. The Morgan fingerprint density at radius 3 is 1.75 bits per heavy atom. The van der Waals surface area contributed by atoms with Crippen molar-refractivity contribution in [2.45, 2.75) is 59.2 Å². The van der Waals surface area contributed by atoms with E-state index in [1.165, 1.54) is 0 Å². The summed E-state index contributed by atoms with van der Waals surface area (Å²) >= 11 is 0. The average Bonchev–Trinajstić information content (AvgIpc) is 2.58. The third-order valence-corrected chi connectivity index (χ3v) is 1.69. The molecule has 2 heteroatoms. The van der Waals surface area contributed by atoms with Crippen molar-refractivity contribution in [3.05, 3.63) is 0 Å². The van der Waals surface area contributed by atoms with Crippen molar-refractivity contribution in [2.75, 3.05) is 7.11 Å². The first-order valence-corrected chi connectivity index (χ1v) is 5.04. The highest BCUT2D eigenvalue weighted by atomic mass is 16.5. The van der Waals surface area contributed by atoms with E-state index in [1.807, 2.05) is 27.7 Å². The van der Waals surface area contributed by atoms with Crippen LogP contribution in [0.1, 0.15) is 47.0 Å². The predicted octanol–water partition coefficient (Wildman–Crippen LogP) is 2.60. The van der Waals surface area contributed by atoms with Gasteiger partial charge in [0, 0.05) is 7.11 Å². The molecule has 1 N–H and O–H groups in total. The fraction of sp³-hybridized carbons (Fsp3) is 1.00. The molecule has 0 bridgehead atoms. The maximum Gasteiger partial charge on any atom is 0.0596 e. The van der Waals surface area contributed by atoms with Crippen LogP contribution in [0.25, 0.3) is 0 Å². The summed E-state index contributed by atoms with van der Waals surface area (Å²) in [5, 5.41) is 8.95. The van der Waals surface area contributed by atoms with Crippen molar-refractivity contribution in [1.29, 1.82) is 0 Å². The summed E-state index contributed by atoms with van der Waals surface area (Å²) in [6.07, 6.45) is 3.00. The van der Waals surface area contributed by atoms with Crippen molar-refractivity contribution < 1.29 is 9.84 Å². The lowest BCUT2D eigenvalue weighted by molar-refractivity contribution is 0.0898. The fourth-order valence-corrected chi connectivity index (χ4v) is 1.13. The van der Waals surface area contributed by atoms with E-state index in [-0.39, 0.29) is 6.10 Å². The van der Waals surface area contributed by atoms with Gasteiger partial charge in [0.15, 0.2) is 0 Å². The molecule has 0 heterocycles. The van der Waals surface area contributed by atoms with Gasteiger partial charge < -0.3 is 9.84 Å². The molecule has 2 unspecified atom stereocenters. The molecule has 1 fully saturated rings. The van der Waals surface area contributed by atoms with Gasteiger partial charge in [0.05, 0.1) is 12.2 Å². The Morgan fingerprint density at radius 2 is 1.58 bits per heavy atom. The van der Waals surface area contributed by atoms with Crippen LogP contribution in [-0.2, 0) is 4.74 Å². The van der Waals surface area contributed by atoms with E-state index in [4.69, 9.17) is 9.84 Å². The smallest absolute Gasteiger partial charge is 0.0596 e. The van der Waals surface area contributed by atoms with E-state index in [0.717, 1.165) is 19.3 Å².